The van der Waals surface area contributed by atoms with Gasteiger partial charge >= 0.3 is 6.18 Å². The summed E-state index contributed by atoms with van der Waals surface area (Å²) in [7, 11) is 0. The zero-order valence-corrected chi connectivity index (χ0v) is 15.6. The van der Waals surface area contributed by atoms with Gasteiger partial charge in [0.15, 0.2) is 10.8 Å². The van der Waals surface area contributed by atoms with Crippen LogP contribution in [0.25, 0.3) is 10.2 Å². The molecule has 3 rings (SSSR count). The minimum Gasteiger partial charge on any atom is -0.300 e. The Labute approximate surface area is 155 Å². The number of aryl methyl sites for hydroxylation is 1. The molecule has 0 bridgehead atoms. The fraction of sp³-hybridized carbons (Fsp3) is 0.312. The molecule has 10 heteroatoms. The van der Waals surface area contributed by atoms with Crippen molar-refractivity contribution in [3.05, 3.63) is 40.2 Å². The van der Waals surface area contributed by atoms with Crippen LogP contribution in [0.1, 0.15) is 29.9 Å². The molecule has 5 nitrogen and oxygen atoms in total. The molecule has 1 atom stereocenters. The Balaban J connectivity index is 1.85. The summed E-state index contributed by atoms with van der Waals surface area (Å²) in [6.07, 6.45) is -4.69. The quantitative estimate of drug-likeness (QED) is 0.672. The molecule has 1 aromatic carbocycles. The van der Waals surface area contributed by atoms with Crippen LogP contribution in [0.3, 0.4) is 0 Å². The van der Waals surface area contributed by atoms with Crippen molar-refractivity contribution in [3.8, 4) is 0 Å². The van der Waals surface area contributed by atoms with Gasteiger partial charge in [0, 0.05) is 0 Å². The number of hydrogen-bond acceptors (Lipinski definition) is 4. The average Bonchev–Trinajstić information content (AvgIpc) is 3.07. The summed E-state index contributed by atoms with van der Waals surface area (Å²) >= 11 is 7.02. The minimum absolute atomic E-state index is 0.0709. The van der Waals surface area contributed by atoms with Gasteiger partial charge in [0.2, 0.25) is 0 Å². The molecule has 0 spiro atoms. The molecule has 1 unspecified atom stereocenters. The van der Waals surface area contributed by atoms with Crippen LogP contribution in [-0.4, -0.2) is 20.7 Å². The summed E-state index contributed by atoms with van der Waals surface area (Å²) in [5.74, 6) is -0.531. The van der Waals surface area contributed by atoms with Gasteiger partial charge in [0.25, 0.3) is 5.91 Å². The number of nitrogens with zero attached hydrogens (tertiary/aromatic N) is 3. The fourth-order valence-electron chi connectivity index (χ4n) is 2.46. The molecule has 1 amide bonds. The largest absolute Gasteiger partial charge is 0.436 e. The van der Waals surface area contributed by atoms with Gasteiger partial charge in [-0.05, 0) is 38.5 Å². The first-order chi connectivity index (χ1) is 12.1. The van der Waals surface area contributed by atoms with Crippen molar-refractivity contribution >= 4 is 44.2 Å². The Morgan fingerprint density at radius 2 is 2.04 bits per heavy atom. The van der Waals surface area contributed by atoms with Gasteiger partial charge in [-0.15, -0.1) is 0 Å². The van der Waals surface area contributed by atoms with Crippen molar-refractivity contribution in [2.45, 2.75) is 33.0 Å². The highest BCUT2D eigenvalue weighted by atomic mass is 35.5. The van der Waals surface area contributed by atoms with Crippen molar-refractivity contribution in [2.24, 2.45) is 0 Å². The lowest BCUT2D eigenvalue weighted by molar-refractivity contribution is -0.141. The Bertz CT molecular complexity index is 995. The molecule has 26 heavy (non-hydrogen) atoms. The number of nitrogens with one attached hydrogen (secondary N) is 1. The number of fused-ring (bicyclic) bond motifs is 1. The molecule has 1 N–H and O–H groups in total. The number of hydrogen-bond donors (Lipinski definition) is 1. The smallest absolute Gasteiger partial charge is 0.300 e. The molecular formula is C16H14ClF3N4OS. The summed E-state index contributed by atoms with van der Waals surface area (Å²) in [4.78, 5) is 16.8. The second-order valence-electron chi connectivity index (χ2n) is 5.85. The van der Waals surface area contributed by atoms with Crippen LogP contribution in [-0.2, 0) is 11.0 Å². The maximum atomic E-state index is 12.9. The number of carbonyl (C=O) groups excluding carboxylic acids is 1. The summed E-state index contributed by atoms with van der Waals surface area (Å²) in [6.45, 7) is 4.78. The van der Waals surface area contributed by atoms with E-state index in [0.29, 0.717) is 5.13 Å². The Morgan fingerprint density at radius 1 is 1.35 bits per heavy atom. The van der Waals surface area contributed by atoms with E-state index in [1.54, 1.807) is 0 Å². The van der Waals surface area contributed by atoms with Crippen molar-refractivity contribution in [1.82, 2.24) is 14.8 Å². The highest BCUT2D eigenvalue weighted by Gasteiger charge is 2.39. The first kappa shape index (κ1) is 18.7. The molecule has 2 heterocycles. The fourth-order valence-corrected chi connectivity index (χ4v) is 3.66. The van der Waals surface area contributed by atoms with E-state index in [0.717, 1.165) is 20.5 Å². The highest BCUT2D eigenvalue weighted by molar-refractivity contribution is 7.22. The zero-order chi connectivity index (χ0) is 19.2. The van der Waals surface area contributed by atoms with E-state index in [2.05, 4.69) is 15.4 Å². The van der Waals surface area contributed by atoms with E-state index in [9.17, 15) is 18.0 Å². The first-order valence-corrected chi connectivity index (χ1v) is 8.77. The van der Waals surface area contributed by atoms with Gasteiger partial charge < -0.3 is 5.32 Å². The lowest BCUT2D eigenvalue weighted by Crippen LogP contribution is -2.25. The van der Waals surface area contributed by atoms with E-state index in [4.69, 9.17) is 11.6 Å². The van der Waals surface area contributed by atoms with Crippen LogP contribution in [0.5, 0.6) is 0 Å². The molecule has 138 valence electrons. The van der Waals surface area contributed by atoms with Crippen LogP contribution in [0.2, 0.25) is 5.02 Å². The summed E-state index contributed by atoms with van der Waals surface area (Å²) < 4.78 is 40.7. The third kappa shape index (κ3) is 3.41. The molecule has 0 fully saturated rings. The highest BCUT2D eigenvalue weighted by Crippen LogP contribution is 2.36. The van der Waals surface area contributed by atoms with Gasteiger partial charge in [0.1, 0.15) is 6.04 Å². The predicted molar refractivity (Wildman–Crippen MR) is 94.7 cm³/mol. The van der Waals surface area contributed by atoms with Gasteiger partial charge in [-0.25, -0.2) is 4.98 Å². The number of carbonyl (C=O) groups is 1. The number of aromatic nitrogens is 3. The number of thiazole rings is 1. The van der Waals surface area contributed by atoms with E-state index in [-0.39, 0.29) is 5.69 Å². The number of amides is 1. The monoisotopic (exact) mass is 402 g/mol. The number of benzene rings is 1. The Morgan fingerprint density at radius 3 is 2.65 bits per heavy atom. The van der Waals surface area contributed by atoms with Crippen molar-refractivity contribution in [1.29, 1.82) is 0 Å². The maximum absolute atomic E-state index is 12.9. The second kappa shape index (κ2) is 6.55. The van der Waals surface area contributed by atoms with Crippen LogP contribution < -0.4 is 5.32 Å². The summed E-state index contributed by atoms with van der Waals surface area (Å²) in [5.41, 5.74) is 0.670. The lowest BCUT2D eigenvalue weighted by atomic mass is 10.2. The average molecular weight is 403 g/mol. The van der Waals surface area contributed by atoms with Crippen molar-refractivity contribution in [3.63, 3.8) is 0 Å². The third-order valence-corrected chi connectivity index (χ3v) is 5.25. The Kier molecular flexibility index (Phi) is 4.70. The first-order valence-electron chi connectivity index (χ1n) is 7.57. The Hall–Kier alpha value is -2.13. The normalized spacial score (nSPS) is 13.2. The lowest BCUT2D eigenvalue weighted by Gasteiger charge is -2.13. The zero-order valence-electron chi connectivity index (χ0n) is 14.0. The van der Waals surface area contributed by atoms with Crippen molar-refractivity contribution in [2.75, 3.05) is 5.32 Å². The summed E-state index contributed by atoms with van der Waals surface area (Å²) in [5, 5.41) is 5.97. The topological polar surface area (TPSA) is 59.8 Å². The van der Waals surface area contributed by atoms with Crippen LogP contribution >= 0.6 is 22.9 Å². The predicted octanol–water partition coefficient (Wildman–Crippen LogP) is 4.98. The molecule has 0 aliphatic heterocycles. The van der Waals surface area contributed by atoms with Crippen LogP contribution in [0, 0.1) is 13.8 Å². The third-order valence-electron chi connectivity index (χ3n) is 3.87. The maximum Gasteiger partial charge on any atom is 0.436 e. The van der Waals surface area contributed by atoms with Gasteiger partial charge in [-0.3, -0.25) is 9.48 Å². The minimum atomic E-state index is -4.69. The number of rotatable bonds is 3. The molecule has 0 aliphatic rings. The van der Waals surface area contributed by atoms with Gasteiger partial charge in [-0.2, -0.15) is 18.3 Å². The number of anilines is 1. The molecule has 3 aromatic rings. The molecule has 2 aromatic heterocycles. The standard InChI is InChI=1S/C16H14ClF3N4OS/c1-7-4-5-10-11(6-7)26-15(21-10)22-14(25)9(3)24-8(2)12(17)13(23-24)16(18,19)20/h4-6,9H,1-3H3,(H,21,22,25). The molecular weight excluding hydrogens is 389 g/mol. The SMILES string of the molecule is Cc1ccc2nc(NC(=O)C(C)n3nc(C(F)(F)F)c(Cl)c3C)sc2c1. The van der Waals surface area contributed by atoms with Gasteiger partial charge in [0.05, 0.1) is 20.9 Å². The van der Waals surface area contributed by atoms with E-state index in [1.807, 2.05) is 25.1 Å². The van der Waals surface area contributed by atoms with Crippen LogP contribution in [0.4, 0.5) is 18.3 Å². The molecule has 0 saturated carbocycles. The number of halogens is 4. The van der Waals surface area contributed by atoms with E-state index in [1.165, 1.54) is 25.2 Å². The van der Waals surface area contributed by atoms with Gasteiger partial charge in [-0.1, -0.05) is 29.0 Å². The van der Waals surface area contributed by atoms with Crippen LogP contribution in [0.15, 0.2) is 18.2 Å². The summed E-state index contributed by atoms with van der Waals surface area (Å²) in [6, 6.07) is 4.70. The van der Waals surface area contributed by atoms with E-state index >= 15 is 0 Å². The number of alkyl halides is 3. The van der Waals surface area contributed by atoms with Crippen molar-refractivity contribution < 1.29 is 18.0 Å². The molecule has 0 aliphatic carbocycles. The second-order valence-corrected chi connectivity index (χ2v) is 7.25. The molecule has 0 saturated heterocycles. The molecule has 0 radical (unpaired) electrons. The van der Waals surface area contributed by atoms with E-state index < -0.39 is 28.8 Å².